The van der Waals surface area contributed by atoms with Crippen LogP contribution in [-0.2, 0) is 11.2 Å². The molecule has 0 N–H and O–H groups in total. The maximum atomic E-state index is 12.7. The summed E-state index contributed by atoms with van der Waals surface area (Å²) < 4.78 is 16.8. The molecule has 1 aromatic heterocycles. The van der Waals surface area contributed by atoms with Gasteiger partial charge in [-0.05, 0) is 42.7 Å². The number of benzene rings is 1. The Bertz CT molecular complexity index is 725. The van der Waals surface area contributed by atoms with Crippen molar-refractivity contribution in [2.24, 2.45) is 0 Å². The fraction of sp³-hybridized carbons (Fsp3) is 0.450. The van der Waals surface area contributed by atoms with Gasteiger partial charge in [0.1, 0.15) is 5.76 Å². The Morgan fingerprint density at radius 3 is 2.84 bits per heavy atom. The van der Waals surface area contributed by atoms with Crippen molar-refractivity contribution in [3.05, 3.63) is 47.9 Å². The van der Waals surface area contributed by atoms with Gasteiger partial charge in [-0.2, -0.15) is 0 Å². The summed E-state index contributed by atoms with van der Waals surface area (Å²) in [4.78, 5) is 14.7. The molecular weight excluding hydrogens is 318 g/mol. The number of hydrogen-bond donors (Lipinski definition) is 0. The van der Waals surface area contributed by atoms with Crippen molar-refractivity contribution in [2.45, 2.75) is 38.1 Å². The zero-order valence-electron chi connectivity index (χ0n) is 14.3. The van der Waals surface area contributed by atoms with Gasteiger partial charge in [0.05, 0.1) is 25.5 Å². The van der Waals surface area contributed by atoms with E-state index in [0.29, 0.717) is 26.1 Å². The first kappa shape index (κ1) is 16.1. The molecule has 0 spiro atoms. The molecule has 1 saturated heterocycles. The van der Waals surface area contributed by atoms with Crippen molar-refractivity contribution >= 4 is 5.91 Å². The number of likely N-dealkylation sites (tertiary alicyclic amines) is 1. The number of nitrogens with zero attached hydrogens (tertiary/aromatic N) is 1. The summed E-state index contributed by atoms with van der Waals surface area (Å²) in [6, 6.07) is 9.98. The van der Waals surface area contributed by atoms with E-state index in [-0.39, 0.29) is 11.9 Å². The highest BCUT2D eigenvalue weighted by Gasteiger charge is 2.30. The van der Waals surface area contributed by atoms with Crippen molar-refractivity contribution < 1.29 is 18.7 Å². The number of amides is 1. The molecule has 132 valence electrons. The summed E-state index contributed by atoms with van der Waals surface area (Å²) in [6.07, 6.45) is 5.70. The summed E-state index contributed by atoms with van der Waals surface area (Å²) in [5.41, 5.74) is 1.13. The molecule has 2 aromatic rings. The van der Waals surface area contributed by atoms with Crippen LogP contribution in [0.25, 0.3) is 0 Å². The second kappa shape index (κ2) is 7.21. The van der Waals surface area contributed by atoms with Crippen molar-refractivity contribution in [1.82, 2.24) is 4.90 Å². The number of aryl methyl sites for hydroxylation is 1. The molecule has 5 heteroatoms. The zero-order chi connectivity index (χ0) is 17.1. The quantitative estimate of drug-likeness (QED) is 0.850. The van der Waals surface area contributed by atoms with Gasteiger partial charge in [-0.25, -0.2) is 0 Å². The molecule has 2 aliphatic heterocycles. The maximum absolute atomic E-state index is 12.7. The van der Waals surface area contributed by atoms with E-state index in [2.05, 4.69) is 6.07 Å². The third-order valence-corrected chi connectivity index (χ3v) is 4.89. The first-order chi connectivity index (χ1) is 12.3. The van der Waals surface area contributed by atoms with Gasteiger partial charge < -0.3 is 18.8 Å². The minimum Gasteiger partial charge on any atom is -0.490 e. The molecule has 1 fully saturated rings. The number of hydrogen-bond acceptors (Lipinski definition) is 4. The first-order valence-corrected chi connectivity index (χ1v) is 9.02. The van der Waals surface area contributed by atoms with E-state index in [1.54, 1.807) is 6.26 Å². The number of fused-ring (bicyclic) bond motifs is 1. The average Bonchev–Trinajstić information content (AvgIpc) is 3.27. The second-order valence-electron chi connectivity index (χ2n) is 6.58. The Morgan fingerprint density at radius 2 is 2.00 bits per heavy atom. The summed E-state index contributed by atoms with van der Waals surface area (Å²) in [6.45, 7) is 2.18. The van der Waals surface area contributed by atoms with Gasteiger partial charge in [0.15, 0.2) is 11.5 Å². The molecule has 0 bridgehead atoms. The van der Waals surface area contributed by atoms with Crippen molar-refractivity contribution in [3.8, 4) is 11.5 Å². The van der Waals surface area contributed by atoms with Crippen LogP contribution < -0.4 is 9.47 Å². The number of carbonyl (C=O) groups excluding carboxylic acids is 1. The van der Waals surface area contributed by atoms with E-state index >= 15 is 0 Å². The summed E-state index contributed by atoms with van der Waals surface area (Å²) in [5.74, 6) is 2.64. The molecular formula is C20H23NO4. The van der Waals surface area contributed by atoms with Gasteiger partial charge in [0.2, 0.25) is 5.91 Å². The molecule has 5 nitrogen and oxygen atoms in total. The van der Waals surface area contributed by atoms with Gasteiger partial charge in [-0.1, -0.05) is 6.07 Å². The number of rotatable bonds is 4. The fourth-order valence-corrected chi connectivity index (χ4v) is 3.63. The summed E-state index contributed by atoms with van der Waals surface area (Å²) in [5, 5.41) is 0. The van der Waals surface area contributed by atoms with Gasteiger partial charge in [0.25, 0.3) is 0 Å². The molecule has 1 atom stereocenters. The largest absolute Gasteiger partial charge is 0.490 e. The molecule has 2 aliphatic rings. The highest BCUT2D eigenvalue weighted by molar-refractivity contribution is 5.77. The maximum Gasteiger partial charge on any atom is 0.223 e. The lowest BCUT2D eigenvalue weighted by molar-refractivity contribution is -0.132. The number of carbonyl (C=O) groups is 1. The van der Waals surface area contributed by atoms with Gasteiger partial charge >= 0.3 is 0 Å². The van der Waals surface area contributed by atoms with Crippen molar-refractivity contribution in [3.63, 3.8) is 0 Å². The van der Waals surface area contributed by atoms with E-state index in [1.807, 2.05) is 29.2 Å². The Hall–Kier alpha value is -2.43. The van der Waals surface area contributed by atoms with Crippen LogP contribution in [-0.4, -0.2) is 30.6 Å². The van der Waals surface area contributed by atoms with Crippen LogP contribution in [0.2, 0.25) is 0 Å². The van der Waals surface area contributed by atoms with Crippen LogP contribution in [0.5, 0.6) is 11.5 Å². The van der Waals surface area contributed by atoms with Crippen LogP contribution in [0.3, 0.4) is 0 Å². The highest BCUT2D eigenvalue weighted by Crippen LogP contribution is 2.38. The summed E-state index contributed by atoms with van der Waals surface area (Å²) >= 11 is 0. The third-order valence-electron chi connectivity index (χ3n) is 4.89. The van der Waals surface area contributed by atoms with E-state index in [9.17, 15) is 4.79 Å². The Balaban J connectivity index is 1.47. The van der Waals surface area contributed by atoms with Crippen LogP contribution in [0, 0.1) is 0 Å². The first-order valence-electron chi connectivity index (χ1n) is 9.02. The van der Waals surface area contributed by atoms with E-state index in [4.69, 9.17) is 13.9 Å². The highest BCUT2D eigenvalue weighted by atomic mass is 16.5. The SMILES string of the molecule is O=C(CCc1ccco1)N1CCC[C@H]1c1ccc2c(c1)OCCCO2. The molecule has 0 saturated carbocycles. The summed E-state index contributed by atoms with van der Waals surface area (Å²) in [7, 11) is 0. The van der Waals surface area contributed by atoms with Crippen LogP contribution >= 0.6 is 0 Å². The van der Waals surface area contributed by atoms with E-state index in [0.717, 1.165) is 48.6 Å². The number of furan rings is 1. The van der Waals surface area contributed by atoms with Gasteiger partial charge in [-0.15, -0.1) is 0 Å². The monoisotopic (exact) mass is 341 g/mol. The Morgan fingerprint density at radius 1 is 1.12 bits per heavy atom. The molecule has 0 aliphatic carbocycles. The van der Waals surface area contributed by atoms with Crippen molar-refractivity contribution in [1.29, 1.82) is 0 Å². The van der Waals surface area contributed by atoms with Crippen molar-refractivity contribution in [2.75, 3.05) is 19.8 Å². The van der Waals surface area contributed by atoms with Gasteiger partial charge in [0, 0.05) is 25.8 Å². The van der Waals surface area contributed by atoms with Crippen LogP contribution in [0.1, 0.15) is 43.0 Å². The van der Waals surface area contributed by atoms with E-state index < -0.39 is 0 Å². The van der Waals surface area contributed by atoms with Crippen LogP contribution in [0.4, 0.5) is 0 Å². The predicted molar refractivity (Wildman–Crippen MR) is 92.8 cm³/mol. The molecule has 3 heterocycles. The minimum absolute atomic E-state index is 0.126. The molecule has 25 heavy (non-hydrogen) atoms. The fourth-order valence-electron chi connectivity index (χ4n) is 3.63. The Labute approximate surface area is 147 Å². The minimum atomic E-state index is 0.126. The third kappa shape index (κ3) is 3.50. The second-order valence-corrected chi connectivity index (χ2v) is 6.58. The molecule has 1 amide bonds. The van der Waals surface area contributed by atoms with E-state index in [1.165, 1.54) is 0 Å². The molecule has 1 aromatic carbocycles. The molecule has 0 unspecified atom stereocenters. The molecule has 4 rings (SSSR count). The predicted octanol–water partition coefficient (Wildman–Crippen LogP) is 3.74. The lowest BCUT2D eigenvalue weighted by Crippen LogP contribution is -2.30. The normalized spacial score (nSPS) is 19.7. The topological polar surface area (TPSA) is 51.9 Å². The standard InChI is InChI=1S/C20H23NO4/c22-20(9-7-16-4-2-11-23-16)21-10-1-5-17(21)15-6-8-18-19(14-15)25-13-3-12-24-18/h2,4,6,8,11,14,17H,1,3,5,7,9-10,12-13H2/t17-/m0/s1. The van der Waals surface area contributed by atoms with Gasteiger partial charge in [-0.3, -0.25) is 4.79 Å². The number of ether oxygens (including phenoxy) is 2. The molecule has 0 radical (unpaired) electrons. The smallest absolute Gasteiger partial charge is 0.223 e. The zero-order valence-corrected chi connectivity index (χ0v) is 14.3. The van der Waals surface area contributed by atoms with Crippen LogP contribution in [0.15, 0.2) is 41.0 Å². The lowest BCUT2D eigenvalue weighted by Gasteiger charge is -2.25. The lowest BCUT2D eigenvalue weighted by atomic mass is 10.0. The average molecular weight is 341 g/mol. The Kier molecular flexibility index (Phi) is 4.63.